The van der Waals surface area contributed by atoms with Crippen LogP contribution in [0.3, 0.4) is 0 Å². The lowest BCUT2D eigenvalue weighted by Gasteiger charge is -2.25. The summed E-state index contributed by atoms with van der Waals surface area (Å²) in [6.45, 7) is 3.70. The smallest absolute Gasteiger partial charge is 0.459 e. The number of fused-ring (bicyclic) bond motifs is 1. The molecule has 16 heteroatoms. The van der Waals surface area contributed by atoms with Crippen LogP contribution in [0.2, 0.25) is 0 Å². The number of aromatic nitrogens is 2. The van der Waals surface area contributed by atoms with Gasteiger partial charge in [-0.25, -0.2) is 9.36 Å². The van der Waals surface area contributed by atoms with Crippen molar-refractivity contribution in [3.05, 3.63) is 88.5 Å². The van der Waals surface area contributed by atoms with Crippen molar-refractivity contribution in [3.63, 3.8) is 0 Å². The van der Waals surface area contributed by atoms with Gasteiger partial charge in [-0.2, -0.15) is 18.9 Å². The summed E-state index contributed by atoms with van der Waals surface area (Å²) in [7, 11) is -4.47. The number of benzene rings is 2. The average Bonchev–Trinajstić information content (AvgIpc) is 3.55. The van der Waals surface area contributed by atoms with Crippen molar-refractivity contribution in [1.82, 2.24) is 14.6 Å². The van der Waals surface area contributed by atoms with Gasteiger partial charge >= 0.3 is 25.3 Å². The molecule has 0 spiro atoms. The fraction of sp³-hybridized carbons (Fsp3) is 0.419. The molecule has 1 fully saturated rings. The topological polar surface area (TPSA) is 167 Å². The highest BCUT2D eigenvalue weighted by Gasteiger charge is 2.60. The van der Waals surface area contributed by atoms with Crippen LogP contribution in [-0.4, -0.2) is 63.4 Å². The summed E-state index contributed by atoms with van der Waals surface area (Å²) < 4.78 is 66.2. The standard InChI is InChI=1S/C31H35F2N4O9P/c1-18(2)44-28(40)19(3)36-47(42,46-23-11-5-4-6-12-23)43-17-24-26(38)31(32,33)29(45-24)37-14-13-25(35-30(37)41)34-27(39)22-15-20-9-7-8-10-21(20)16-22/h4-14,18-19,22,24,26,29,38H,15-17H2,1-3H3,(H,36,42)(H,34,35,39,41)/t19-,24+,26+,29?,47-/m0/s1. The van der Waals surface area contributed by atoms with Crippen molar-refractivity contribution in [1.29, 1.82) is 0 Å². The third kappa shape index (κ3) is 7.94. The van der Waals surface area contributed by atoms with Crippen molar-refractivity contribution < 1.29 is 46.6 Å². The van der Waals surface area contributed by atoms with Gasteiger partial charge in [-0.15, -0.1) is 0 Å². The molecule has 1 unspecified atom stereocenters. The highest BCUT2D eigenvalue weighted by molar-refractivity contribution is 7.52. The Kier molecular flexibility index (Phi) is 10.2. The molecule has 252 valence electrons. The van der Waals surface area contributed by atoms with Crippen LogP contribution in [0.15, 0.2) is 71.7 Å². The third-order valence-electron chi connectivity index (χ3n) is 7.57. The molecule has 2 heterocycles. The van der Waals surface area contributed by atoms with Crippen molar-refractivity contribution in [2.75, 3.05) is 11.9 Å². The monoisotopic (exact) mass is 676 g/mol. The molecule has 5 rings (SSSR count). The van der Waals surface area contributed by atoms with Gasteiger partial charge in [0.25, 0.3) is 0 Å². The van der Waals surface area contributed by atoms with Crippen LogP contribution in [-0.2, 0) is 41.0 Å². The number of esters is 1. The van der Waals surface area contributed by atoms with Crippen LogP contribution < -0.4 is 20.6 Å². The van der Waals surface area contributed by atoms with Crippen LogP contribution in [0.4, 0.5) is 14.6 Å². The average molecular weight is 677 g/mol. The van der Waals surface area contributed by atoms with Gasteiger partial charge in [0.2, 0.25) is 12.1 Å². The largest absolute Gasteiger partial charge is 0.462 e. The van der Waals surface area contributed by atoms with E-state index < -0.39 is 62.5 Å². The molecule has 2 aromatic carbocycles. The molecule has 3 N–H and O–H groups in total. The number of para-hydroxylation sites is 1. The Morgan fingerprint density at radius 1 is 1.09 bits per heavy atom. The van der Waals surface area contributed by atoms with Crippen LogP contribution in [0.25, 0.3) is 0 Å². The molecule has 1 amide bonds. The number of anilines is 1. The number of alkyl halides is 2. The molecule has 1 saturated heterocycles. The summed E-state index contributed by atoms with van der Waals surface area (Å²) in [5.41, 5.74) is 0.930. The highest BCUT2D eigenvalue weighted by Crippen LogP contribution is 2.48. The number of amides is 1. The highest BCUT2D eigenvalue weighted by atomic mass is 31.2. The maximum atomic E-state index is 15.3. The maximum absolute atomic E-state index is 15.3. The van der Waals surface area contributed by atoms with E-state index in [0.717, 1.165) is 17.3 Å². The number of rotatable bonds is 12. The molecule has 1 aromatic heterocycles. The van der Waals surface area contributed by atoms with Crippen LogP contribution in [0.5, 0.6) is 5.75 Å². The van der Waals surface area contributed by atoms with E-state index >= 15 is 8.78 Å². The zero-order valence-corrected chi connectivity index (χ0v) is 26.6. The number of carbonyl (C=O) groups is 2. The van der Waals surface area contributed by atoms with Gasteiger partial charge in [0, 0.05) is 12.1 Å². The fourth-order valence-electron chi connectivity index (χ4n) is 5.25. The van der Waals surface area contributed by atoms with Gasteiger partial charge in [0.15, 0.2) is 6.10 Å². The van der Waals surface area contributed by atoms with E-state index in [0.29, 0.717) is 17.4 Å². The first kappa shape index (κ1) is 34.3. The second kappa shape index (κ2) is 14.0. The number of aliphatic hydroxyl groups excluding tert-OH is 1. The molecule has 13 nitrogen and oxygen atoms in total. The van der Waals surface area contributed by atoms with Gasteiger partial charge in [-0.1, -0.05) is 42.5 Å². The molecule has 1 aliphatic heterocycles. The molecule has 0 saturated carbocycles. The molecule has 0 bridgehead atoms. The number of carbonyl (C=O) groups excluding carboxylic acids is 2. The Bertz CT molecular complexity index is 1680. The minimum absolute atomic E-state index is 0.0751. The van der Waals surface area contributed by atoms with E-state index in [1.54, 1.807) is 32.0 Å². The number of hydrogen-bond acceptors (Lipinski definition) is 10. The van der Waals surface area contributed by atoms with Crippen molar-refractivity contribution in [2.24, 2.45) is 5.92 Å². The first-order valence-corrected chi connectivity index (χ1v) is 16.5. The molecule has 3 aromatic rings. The lowest BCUT2D eigenvalue weighted by molar-refractivity contribution is -0.149. The normalized spacial score (nSPS) is 22.3. The van der Waals surface area contributed by atoms with Gasteiger partial charge in [0.1, 0.15) is 23.7 Å². The summed E-state index contributed by atoms with van der Waals surface area (Å²) in [5, 5.41) is 15.5. The van der Waals surface area contributed by atoms with E-state index in [9.17, 15) is 24.1 Å². The predicted octanol–water partition coefficient (Wildman–Crippen LogP) is 3.62. The molecular formula is C31H35F2N4O9P. The SMILES string of the molecule is CC(C)OC(=O)[C@H](C)N[P@](=O)(OC[C@H]1OC(n2ccc(NC(=O)C3Cc4ccccc4C3)nc2=O)C(F)(F)[C@@H]1O)Oc1ccccc1. The van der Waals surface area contributed by atoms with Crippen molar-refractivity contribution >= 4 is 25.4 Å². The fourth-order valence-corrected chi connectivity index (χ4v) is 6.75. The second-order valence-corrected chi connectivity index (χ2v) is 13.2. The Hall–Kier alpha value is -4.01. The minimum atomic E-state index is -4.47. The van der Waals surface area contributed by atoms with Gasteiger partial charge in [-0.05, 0) is 62.9 Å². The first-order chi connectivity index (χ1) is 22.3. The third-order valence-corrected chi connectivity index (χ3v) is 9.21. The van der Waals surface area contributed by atoms with E-state index in [-0.39, 0.29) is 23.4 Å². The number of aliphatic hydroxyl groups is 1. The number of nitrogens with one attached hydrogen (secondary N) is 2. The molecule has 1 aliphatic carbocycles. The Morgan fingerprint density at radius 2 is 1.72 bits per heavy atom. The molecule has 47 heavy (non-hydrogen) atoms. The Balaban J connectivity index is 1.26. The molecule has 5 atom stereocenters. The summed E-state index contributed by atoms with van der Waals surface area (Å²) in [4.78, 5) is 41.8. The minimum Gasteiger partial charge on any atom is -0.462 e. The van der Waals surface area contributed by atoms with Crippen LogP contribution in [0.1, 0.15) is 38.1 Å². The quantitative estimate of drug-likeness (QED) is 0.189. The Labute approximate surface area is 268 Å². The summed E-state index contributed by atoms with van der Waals surface area (Å²) >= 11 is 0. The first-order valence-electron chi connectivity index (χ1n) is 14.9. The van der Waals surface area contributed by atoms with Crippen LogP contribution in [0, 0.1) is 5.92 Å². The zero-order chi connectivity index (χ0) is 33.9. The molecular weight excluding hydrogens is 641 g/mol. The number of nitrogens with zero attached hydrogens (tertiary/aromatic N) is 2. The summed E-state index contributed by atoms with van der Waals surface area (Å²) in [6.07, 6.45) is -5.09. The van der Waals surface area contributed by atoms with E-state index in [1.807, 2.05) is 24.3 Å². The van der Waals surface area contributed by atoms with Gasteiger partial charge in [-0.3, -0.25) is 18.7 Å². The number of hydrogen-bond donors (Lipinski definition) is 3. The lowest BCUT2D eigenvalue weighted by Crippen LogP contribution is -2.42. The number of ether oxygens (including phenoxy) is 2. The molecule has 2 aliphatic rings. The maximum Gasteiger partial charge on any atom is 0.459 e. The van der Waals surface area contributed by atoms with E-state index in [2.05, 4.69) is 15.4 Å². The van der Waals surface area contributed by atoms with Crippen molar-refractivity contribution in [3.8, 4) is 5.75 Å². The number of halogens is 2. The van der Waals surface area contributed by atoms with E-state index in [4.69, 9.17) is 18.5 Å². The lowest BCUT2D eigenvalue weighted by atomic mass is 10.1. The zero-order valence-electron chi connectivity index (χ0n) is 25.7. The second-order valence-electron chi connectivity index (χ2n) is 11.5. The van der Waals surface area contributed by atoms with Crippen LogP contribution >= 0.6 is 7.75 Å². The van der Waals surface area contributed by atoms with Gasteiger partial charge in [0.05, 0.1) is 12.7 Å². The van der Waals surface area contributed by atoms with Gasteiger partial charge < -0.3 is 24.4 Å². The summed E-state index contributed by atoms with van der Waals surface area (Å²) in [5.74, 6) is -5.61. The van der Waals surface area contributed by atoms with Crippen molar-refractivity contribution in [2.45, 2.75) is 70.1 Å². The summed E-state index contributed by atoms with van der Waals surface area (Å²) in [6, 6.07) is 15.4. The molecule has 0 radical (unpaired) electrons. The Morgan fingerprint density at radius 3 is 2.34 bits per heavy atom. The van der Waals surface area contributed by atoms with E-state index in [1.165, 1.54) is 25.1 Å². The predicted molar refractivity (Wildman–Crippen MR) is 164 cm³/mol.